The van der Waals surface area contributed by atoms with Gasteiger partial charge in [-0.05, 0) is 19.1 Å². The van der Waals surface area contributed by atoms with Crippen LogP contribution >= 0.6 is 0 Å². The molecule has 7 heteroatoms. The van der Waals surface area contributed by atoms with Gasteiger partial charge in [0.25, 0.3) is 5.91 Å². The van der Waals surface area contributed by atoms with E-state index >= 15 is 0 Å². The fourth-order valence-corrected chi connectivity index (χ4v) is 3.46. The first-order valence-corrected chi connectivity index (χ1v) is 8.60. The van der Waals surface area contributed by atoms with Crippen LogP contribution in [-0.2, 0) is 11.2 Å². The number of likely N-dealkylation sites (tertiary alicyclic amines) is 1. The van der Waals surface area contributed by atoms with Crippen LogP contribution in [0.4, 0.5) is 0 Å². The molecule has 1 amide bonds. The summed E-state index contributed by atoms with van der Waals surface area (Å²) in [5, 5.41) is 3.93. The van der Waals surface area contributed by atoms with E-state index in [2.05, 4.69) is 15.1 Å². The van der Waals surface area contributed by atoms with Gasteiger partial charge in [0, 0.05) is 38.6 Å². The van der Waals surface area contributed by atoms with E-state index in [4.69, 9.17) is 9.26 Å². The first kappa shape index (κ1) is 16.7. The largest absolute Gasteiger partial charge is 0.379 e. The number of carbonyl (C=O) groups excluding carboxylic acids is 1. The number of benzene rings is 1. The number of carbonyl (C=O) groups is 1. The van der Waals surface area contributed by atoms with Crippen molar-refractivity contribution in [2.45, 2.75) is 19.4 Å². The Kier molecular flexibility index (Phi) is 4.38. The summed E-state index contributed by atoms with van der Waals surface area (Å²) in [6.45, 7) is 3.01. The topological polar surface area (TPSA) is 81.4 Å². The molecule has 4 rings (SSSR count). The summed E-state index contributed by atoms with van der Waals surface area (Å²) >= 11 is 0. The maximum Gasteiger partial charge on any atom is 0.274 e. The molecule has 0 radical (unpaired) electrons. The van der Waals surface area contributed by atoms with Crippen molar-refractivity contribution in [1.82, 2.24) is 20.0 Å². The van der Waals surface area contributed by atoms with Crippen molar-refractivity contribution in [1.29, 1.82) is 0 Å². The predicted octanol–water partition coefficient (Wildman–Crippen LogP) is 2.26. The van der Waals surface area contributed by atoms with E-state index in [0.29, 0.717) is 25.2 Å². The molecular formula is C19H20N4O3. The summed E-state index contributed by atoms with van der Waals surface area (Å²) in [5.74, 6) is 0.848. The van der Waals surface area contributed by atoms with Gasteiger partial charge in [-0.2, -0.15) is 0 Å². The summed E-state index contributed by atoms with van der Waals surface area (Å²) in [7, 11) is 1.67. The highest BCUT2D eigenvalue weighted by molar-refractivity contribution is 5.94. The summed E-state index contributed by atoms with van der Waals surface area (Å²) in [6, 6.07) is 9.44. The third-order valence-corrected chi connectivity index (χ3v) is 4.78. The lowest BCUT2D eigenvalue weighted by molar-refractivity contribution is 0.0669. The zero-order valence-corrected chi connectivity index (χ0v) is 14.8. The van der Waals surface area contributed by atoms with Gasteiger partial charge in [0.15, 0.2) is 0 Å². The molecule has 1 fully saturated rings. The zero-order valence-electron chi connectivity index (χ0n) is 14.8. The zero-order chi connectivity index (χ0) is 18.1. The van der Waals surface area contributed by atoms with Crippen LogP contribution in [-0.4, -0.2) is 52.2 Å². The van der Waals surface area contributed by atoms with E-state index in [9.17, 15) is 4.79 Å². The number of methoxy groups -OCH3 is 1. The lowest BCUT2D eigenvalue weighted by Crippen LogP contribution is -2.30. The van der Waals surface area contributed by atoms with Gasteiger partial charge in [0.2, 0.25) is 0 Å². The summed E-state index contributed by atoms with van der Waals surface area (Å²) < 4.78 is 10.9. The van der Waals surface area contributed by atoms with Crippen molar-refractivity contribution in [2.75, 3.05) is 20.2 Å². The molecule has 0 spiro atoms. The molecule has 26 heavy (non-hydrogen) atoms. The van der Waals surface area contributed by atoms with Crippen molar-refractivity contribution in [3.05, 3.63) is 53.7 Å². The van der Waals surface area contributed by atoms with Gasteiger partial charge < -0.3 is 14.2 Å². The van der Waals surface area contributed by atoms with Crippen LogP contribution in [0.15, 0.2) is 41.1 Å². The van der Waals surface area contributed by atoms with E-state index in [1.165, 1.54) is 0 Å². The maximum atomic E-state index is 12.9. The second-order valence-corrected chi connectivity index (χ2v) is 6.63. The summed E-state index contributed by atoms with van der Waals surface area (Å²) in [4.78, 5) is 23.5. The molecule has 1 aliphatic rings. The normalized spacial score (nSPS) is 20.0. The third kappa shape index (κ3) is 3.17. The minimum Gasteiger partial charge on any atom is -0.379 e. The van der Waals surface area contributed by atoms with Gasteiger partial charge in [-0.1, -0.05) is 17.3 Å². The van der Waals surface area contributed by atoms with Crippen molar-refractivity contribution in [2.24, 2.45) is 5.92 Å². The number of aromatic nitrogens is 3. The molecule has 0 unspecified atom stereocenters. The standard InChI is InChI=1S/C19H20N4O3/c1-12-7-14(26-22-12)8-13-10-23(11-18(13)25-2)19(24)17-9-20-15-5-3-4-6-16(15)21-17/h3-7,9,13,18H,8,10-11H2,1-2H3/t13-,18+/m1/s1. The third-order valence-electron chi connectivity index (χ3n) is 4.78. The highest BCUT2D eigenvalue weighted by Gasteiger charge is 2.37. The molecule has 1 saturated heterocycles. The average molecular weight is 352 g/mol. The second kappa shape index (κ2) is 6.84. The van der Waals surface area contributed by atoms with E-state index in [0.717, 1.165) is 22.5 Å². The Labute approximate surface area is 151 Å². The minimum atomic E-state index is -0.124. The number of fused-ring (bicyclic) bond motifs is 1. The Morgan fingerprint density at radius 2 is 2.12 bits per heavy atom. The van der Waals surface area contributed by atoms with Crippen LogP contribution in [0, 0.1) is 12.8 Å². The van der Waals surface area contributed by atoms with Crippen LogP contribution in [0.25, 0.3) is 11.0 Å². The Balaban J connectivity index is 1.52. The van der Waals surface area contributed by atoms with Gasteiger partial charge in [0.05, 0.1) is 29.0 Å². The summed E-state index contributed by atoms with van der Waals surface area (Å²) in [5.41, 5.74) is 2.70. The molecule has 7 nitrogen and oxygen atoms in total. The van der Waals surface area contributed by atoms with E-state index in [1.54, 1.807) is 18.2 Å². The Hall–Kier alpha value is -2.80. The molecule has 3 aromatic rings. The molecule has 1 aliphatic heterocycles. The summed E-state index contributed by atoms with van der Waals surface area (Å²) in [6.07, 6.45) is 2.18. The predicted molar refractivity (Wildman–Crippen MR) is 94.7 cm³/mol. The molecule has 2 atom stereocenters. The van der Waals surface area contributed by atoms with Gasteiger partial charge in [-0.15, -0.1) is 0 Å². The van der Waals surface area contributed by atoms with Crippen molar-refractivity contribution >= 4 is 16.9 Å². The van der Waals surface area contributed by atoms with Gasteiger partial charge in [-0.3, -0.25) is 9.78 Å². The number of rotatable bonds is 4. The Bertz CT molecular complexity index is 939. The molecular weight excluding hydrogens is 332 g/mol. The van der Waals surface area contributed by atoms with Crippen LogP contribution in [0.5, 0.6) is 0 Å². The smallest absolute Gasteiger partial charge is 0.274 e. The number of hydrogen-bond donors (Lipinski definition) is 0. The molecule has 3 heterocycles. The number of ether oxygens (including phenoxy) is 1. The van der Waals surface area contributed by atoms with Crippen molar-refractivity contribution in [3.63, 3.8) is 0 Å². The molecule has 0 N–H and O–H groups in total. The van der Waals surface area contributed by atoms with Gasteiger partial charge in [0.1, 0.15) is 11.5 Å². The lowest BCUT2D eigenvalue weighted by atomic mass is 10.0. The van der Waals surface area contributed by atoms with Gasteiger partial charge in [-0.25, -0.2) is 4.98 Å². The molecule has 0 bridgehead atoms. The number of hydrogen-bond acceptors (Lipinski definition) is 6. The first-order chi connectivity index (χ1) is 12.6. The molecule has 0 aliphatic carbocycles. The Morgan fingerprint density at radius 3 is 2.85 bits per heavy atom. The van der Waals surface area contributed by atoms with Crippen molar-refractivity contribution in [3.8, 4) is 0 Å². The minimum absolute atomic E-state index is 0.0437. The molecule has 2 aromatic heterocycles. The van der Waals surface area contributed by atoms with Crippen LogP contribution in [0.1, 0.15) is 21.9 Å². The lowest BCUT2D eigenvalue weighted by Gasteiger charge is -2.15. The molecule has 1 aromatic carbocycles. The van der Waals surface area contributed by atoms with Gasteiger partial charge >= 0.3 is 0 Å². The fraction of sp³-hybridized carbons (Fsp3) is 0.368. The SMILES string of the molecule is CO[C@H]1CN(C(=O)c2cnc3ccccc3n2)C[C@H]1Cc1cc(C)no1. The quantitative estimate of drug-likeness (QED) is 0.716. The number of aryl methyl sites for hydroxylation is 1. The molecule has 134 valence electrons. The number of amides is 1. The van der Waals surface area contributed by atoms with Crippen LogP contribution < -0.4 is 0 Å². The van der Waals surface area contributed by atoms with E-state index < -0.39 is 0 Å². The second-order valence-electron chi connectivity index (χ2n) is 6.63. The number of para-hydroxylation sites is 2. The Morgan fingerprint density at radius 1 is 1.31 bits per heavy atom. The molecule has 0 saturated carbocycles. The first-order valence-electron chi connectivity index (χ1n) is 8.60. The highest BCUT2D eigenvalue weighted by atomic mass is 16.5. The van der Waals surface area contributed by atoms with E-state index in [1.807, 2.05) is 37.3 Å². The average Bonchev–Trinajstić information content (AvgIpc) is 3.26. The van der Waals surface area contributed by atoms with E-state index in [-0.39, 0.29) is 17.9 Å². The maximum absolute atomic E-state index is 12.9. The number of nitrogens with zero attached hydrogens (tertiary/aromatic N) is 4. The van der Waals surface area contributed by atoms with Crippen molar-refractivity contribution < 1.29 is 14.1 Å². The van der Waals surface area contributed by atoms with Crippen LogP contribution in [0.2, 0.25) is 0 Å². The monoisotopic (exact) mass is 352 g/mol. The highest BCUT2D eigenvalue weighted by Crippen LogP contribution is 2.25. The fourth-order valence-electron chi connectivity index (χ4n) is 3.46. The van der Waals surface area contributed by atoms with Crippen LogP contribution in [0.3, 0.4) is 0 Å².